The summed E-state index contributed by atoms with van der Waals surface area (Å²) < 4.78 is 18.4. The van der Waals surface area contributed by atoms with Crippen molar-refractivity contribution in [2.45, 2.75) is 12.5 Å². The number of halogens is 1. The predicted molar refractivity (Wildman–Crippen MR) is 76.7 cm³/mol. The molecule has 0 aliphatic carbocycles. The molecule has 0 heterocycles. The lowest BCUT2D eigenvalue weighted by Gasteiger charge is -2.17. The smallest absolute Gasteiger partial charge is 0.307 e. The monoisotopic (exact) mass is 303 g/mol. The van der Waals surface area contributed by atoms with Gasteiger partial charge in [0.15, 0.2) is 0 Å². The minimum Gasteiger partial charge on any atom is -0.481 e. The molecule has 0 spiro atoms. The van der Waals surface area contributed by atoms with Gasteiger partial charge in [0.25, 0.3) is 5.91 Å². The molecule has 1 amide bonds. The summed E-state index contributed by atoms with van der Waals surface area (Å²) in [5.74, 6) is -1.84. The van der Waals surface area contributed by atoms with Crippen molar-refractivity contribution in [1.82, 2.24) is 0 Å². The zero-order valence-corrected chi connectivity index (χ0v) is 11.5. The number of benzene rings is 2. The van der Waals surface area contributed by atoms with Crippen molar-refractivity contribution in [2.75, 3.05) is 0 Å². The first-order valence-electron chi connectivity index (χ1n) is 6.48. The number of carboxylic acid groups (broad SMARTS) is 1. The van der Waals surface area contributed by atoms with Crippen molar-refractivity contribution in [3.05, 3.63) is 65.5 Å². The standard InChI is InChI=1S/C16H14FNO4/c17-12-4-6-13(7-5-12)22-15(16(18)21)11-3-1-2-10(8-11)9-14(19)20/h1-8,15H,9H2,(H2,18,21)(H,19,20). The Balaban J connectivity index is 2.26. The molecule has 0 aromatic heterocycles. The van der Waals surface area contributed by atoms with Crippen LogP contribution in [-0.2, 0) is 16.0 Å². The van der Waals surface area contributed by atoms with Gasteiger partial charge >= 0.3 is 5.97 Å². The van der Waals surface area contributed by atoms with Gasteiger partial charge in [0.1, 0.15) is 11.6 Å². The Morgan fingerprint density at radius 2 is 1.86 bits per heavy atom. The number of rotatable bonds is 6. The van der Waals surface area contributed by atoms with E-state index in [9.17, 15) is 14.0 Å². The Labute approximate surface area is 126 Å². The molecule has 0 radical (unpaired) electrons. The van der Waals surface area contributed by atoms with E-state index in [-0.39, 0.29) is 12.2 Å². The van der Waals surface area contributed by atoms with Crippen molar-refractivity contribution in [2.24, 2.45) is 5.73 Å². The third-order valence-electron chi connectivity index (χ3n) is 2.94. The van der Waals surface area contributed by atoms with E-state index in [1.54, 1.807) is 24.3 Å². The Hall–Kier alpha value is -2.89. The lowest BCUT2D eigenvalue weighted by atomic mass is 10.0. The fourth-order valence-electron chi connectivity index (χ4n) is 1.98. The number of amides is 1. The maximum Gasteiger partial charge on any atom is 0.307 e. The summed E-state index contributed by atoms with van der Waals surface area (Å²) >= 11 is 0. The maximum absolute atomic E-state index is 12.9. The molecule has 0 aliphatic heterocycles. The van der Waals surface area contributed by atoms with E-state index >= 15 is 0 Å². The van der Waals surface area contributed by atoms with Gasteiger partial charge < -0.3 is 15.6 Å². The highest BCUT2D eigenvalue weighted by molar-refractivity contribution is 5.81. The zero-order chi connectivity index (χ0) is 16.1. The van der Waals surface area contributed by atoms with Crippen molar-refractivity contribution in [3.63, 3.8) is 0 Å². The van der Waals surface area contributed by atoms with Crippen molar-refractivity contribution < 1.29 is 23.8 Å². The lowest BCUT2D eigenvalue weighted by Crippen LogP contribution is -2.26. The number of carboxylic acids is 1. The summed E-state index contributed by atoms with van der Waals surface area (Å²) in [7, 11) is 0. The molecule has 1 atom stereocenters. The Morgan fingerprint density at radius 1 is 1.18 bits per heavy atom. The number of carbonyl (C=O) groups is 2. The number of aliphatic carboxylic acids is 1. The molecule has 6 heteroatoms. The van der Waals surface area contributed by atoms with Crippen molar-refractivity contribution in [1.29, 1.82) is 0 Å². The Bertz CT molecular complexity index is 685. The fraction of sp³-hybridized carbons (Fsp3) is 0.125. The van der Waals surface area contributed by atoms with Crippen molar-refractivity contribution in [3.8, 4) is 5.75 Å². The first-order chi connectivity index (χ1) is 10.5. The summed E-state index contributed by atoms with van der Waals surface area (Å²) in [6.07, 6.45) is -1.25. The number of carbonyl (C=O) groups excluding carboxylic acids is 1. The van der Waals surface area contributed by atoms with Gasteiger partial charge in [-0.15, -0.1) is 0 Å². The van der Waals surface area contributed by atoms with E-state index in [4.69, 9.17) is 15.6 Å². The first-order valence-corrected chi connectivity index (χ1v) is 6.48. The van der Waals surface area contributed by atoms with Crippen LogP contribution in [0.15, 0.2) is 48.5 Å². The van der Waals surface area contributed by atoms with Crippen LogP contribution in [0.2, 0.25) is 0 Å². The van der Waals surface area contributed by atoms with Gasteiger partial charge in [0.05, 0.1) is 6.42 Å². The summed E-state index contributed by atoms with van der Waals surface area (Å²) in [6.45, 7) is 0. The zero-order valence-electron chi connectivity index (χ0n) is 11.5. The van der Waals surface area contributed by atoms with Gasteiger partial charge in [0.2, 0.25) is 6.10 Å². The largest absolute Gasteiger partial charge is 0.481 e. The van der Waals surface area contributed by atoms with Crippen LogP contribution >= 0.6 is 0 Å². The molecule has 2 aromatic rings. The number of primary amides is 1. The number of hydrogen-bond acceptors (Lipinski definition) is 3. The second-order valence-electron chi connectivity index (χ2n) is 4.67. The van der Waals surface area contributed by atoms with Crippen LogP contribution in [0.5, 0.6) is 5.75 Å². The summed E-state index contributed by atoms with van der Waals surface area (Å²) in [6, 6.07) is 11.6. The molecule has 2 aromatic carbocycles. The third-order valence-corrected chi connectivity index (χ3v) is 2.94. The van der Waals surface area contributed by atoms with Gasteiger partial charge in [-0.3, -0.25) is 9.59 Å². The molecule has 114 valence electrons. The lowest BCUT2D eigenvalue weighted by molar-refractivity contribution is -0.136. The van der Waals surface area contributed by atoms with E-state index in [1.807, 2.05) is 0 Å². The number of hydrogen-bond donors (Lipinski definition) is 2. The Kier molecular flexibility index (Phi) is 4.73. The molecule has 0 aliphatic rings. The highest BCUT2D eigenvalue weighted by Crippen LogP contribution is 2.23. The van der Waals surface area contributed by atoms with Gasteiger partial charge in [-0.05, 0) is 29.8 Å². The van der Waals surface area contributed by atoms with Crippen LogP contribution < -0.4 is 10.5 Å². The van der Waals surface area contributed by atoms with Crippen LogP contribution in [0, 0.1) is 5.82 Å². The highest BCUT2D eigenvalue weighted by atomic mass is 19.1. The van der Waals surface area contributed by atoms with E-state index in [1.165, 1.54) is 24.3 Å². The van der Waals surface area contributed by atoms with Crippen LogP contribution in [-0.4, -0.2) is 17.0 Å². The minimum atomic E-state index is -1.08. The van der Waals surface area contributed by atoms with E-state index < -0.39 is 23.8 Å². The van der Waals surface area contributed by atoms with Crippen LogP contribution in [0.4, 0.5) is 4.39 Å². The van der Waals surface area contributed by atoms with Gasteiger partial charge in [-0.1, -0.05) is 24.3 Å². The first kappa shape index (κ1) is 15.5. The van der Waals surface area contributed by atoms with Crippen LogP contribution in [0.25, 0.3) is 0 Å². The molecule has 0 saturated heterocycles. The van der Waals surface area contributed by atoms with E-state index in [0.717, 1.165) is 0 Å². The normalized spacial score (nSPS) is 11.7. The molecule has 5 nitrogen and oxygen atoms in total. The second-order valence-corrected chi connectivity index (χ2v) is 4.67. The topological polar surface area (TPSA) is 89.6 Å². The average Bonchev–Trinajstić information content (AvgIpc) is 2.46. The molecular formula is C16H14FNO4. The van der Waals surface area contributed by atoms with E-state index in [2.05, 4.69) is 0 Å². The minimum absolute atomic E-state index is 0.171. The number of nitrogens with two attached hydrogens (primary N) is 1. The summed E-state index contributed by atoms with van der Waals surface area (Å²) in [4.78, 5) is 22.4. The van der Waals surface area contributed by atoms with Crippen LogP contribution in [0.1, 0.15) is 17.2 Å². The van der Waals surface area contributed by atoms with Gasteiger partial charge in [0, 0.05) is 5.56 Å². The molecule has 22 heavy (non-hydrogen) atoms. The predicted octanol–water partition coefficient (Wildman–Crippen LogP) is 2.06. The average molecular weight is 303 g/mol. The van der Waals surface area contributed by atoms with Crippen LogP contribution in [0.3, 0.4) is 0 Å². The second kappa shape index (κ2) is 6.71. The molecule has 0 saturated carbocycles. The molecular weight excluding hydrogens is 289 g/mol. The number of ether oxygens (including phenoxy) is 1. The molecule has 0 fully saturated rings. The molecule has 2 rings (SSSR count). The maximum atomic E-state index is 12.9. The van der Waals surface area contributed by atoms with Crippen molar-refractivity contribution >= 4 is 11.9 Å². The molecule has 3 N–H and O–H groups in total. The van der Waals surface area contributed by atoms with Gasteiger partial charge in [-0.25, -0.2) is 4.39 Å². The quantitative estimate of drug-likeness (QED) is 0.854. The Morgan fingerprint density at radius 3 is 2.45 bits per heavy atom. The summed E-state index contributed by atoms with van der Waals surface area (Å²) in [5, 5.41) is 8.81. The summed E-state index contributed by atoms with van der Waals surface area (Å²) in [5.41, 5.74) is 6.31. The highest BCUT2D eigenvalue weighted by Gasteiger charge is 2.20. The van der Waals surface area contributed by atoms with Gasteiger partial charge in [-0.2, -0.15) is 0 Å². The molecule has 1 unspecified atom stereocenters. The SMILES string of the molecule is NC(=O)C(Oc1ccc(F)cc1)c1cccc(CC(=O)O)c1. The fourth-order valence-corrected chi connectivity index (χ4v) is 1.98. The molecule has 0 bridgehead atoms. The third kappa shape index (κ3) is 4.05. The van der Waals surface area contributed by atoms with E-state index in [0.29, 0.717) is 11.1 Å².